The van der Waals surface area contributed by atoms with Crippen molar-refractivity contribution in [3.63, 3.8) is 0 Å². The van der Waals surface area contributed by atoms with Gasteiger partial charge in [0.2, 0.25) is 0 Å². The first-order valence-corrected chi connectivity index (χ1v) is 7.74. The molecule has 0 heterocycles. The fourth-order valence-corrected chi connectivity index (χ4v) is 2.81. The summed E-state index contributed by atoms with van der Waals surface area (Å²) >= 11 is 12.4. The zero-order valence-electron chi connectivity index (χ0n) is 12.2. The van der Waals surface area contributed by atoms with E-state index in [1.165, 1.54) is 0 Å². The smallest absolute Gasteiger partial charge is 0.124 e. The molecule has 112 valence electrons. The third kappa shape index (κ3) is 3.91. The Labute approximate surface area is 136 Å². The standard InChI is InChI=1S/C17H19Cl2NO/c1-3-16(20-2)12-7-4-5-10-17(12)21-11-13-14(18)8-6-9-15(13)19/h4-10,16,20H,3,11H2,1-2H3. The molecule has 0 aliphatic carbocycles. The van der Waals surface area contributed by atoms with Gasteiger partial charge in [0.1, 0.15) is 12.4 Å². The Bertz CT molecular complexity index is 577. The third-order valence-corrected chi connectivity index (χ3v) is 4.19. The zero-order valence-corrected chi connectivity index (χ0v) is 13.7. The van der Waals surface area contributed by atoms with Crippen LogP contribution in [0.1, 0.15) is 30.5 Å². The van der Waals surface area contributed by atoms with Crippen molar-refractivity contribution in [1.29, 1.82) is 0 Å². The minimum atomic E-state index is 0.267. The Morgan fingerprint density at radius 2 is 1.71 bits per heavy atom. The molecule has 0 saturated heterocycles. The molecule has 0 spiro atoms. The van der Waals surface area contributed by atoms with Gasteiger partial charge in [0.05, 0.1) is 0 Å². The molecule has 1 N–H and O–H groups in total. The second kappa shape index (κ2) is 7.69. The van der Waals surface area contributed by atoms with Crippen molar-refractivity contribution in [2.45, 2.75) is 26.0 Å². The number of halogens is 2. The van der Waals surface area contributed by atoms with Gasteiger partial charge in [-0.15, -0.1) is 0 Å². The van der Waals surface area contributed by atoms with E-state index in [9.17, 15) is 0 Å². The normalized spacial score (nSPS) is 12.2. The average molecular weight is 324 g/mol. The van der Waals surface area contributed by atoms with Crippen LogP contribution in [0.4, 0.5) is 0 Å². The number of rotatable bonds is 6. The van der Waals surface area contributed by atoms with Crippen molar-refractivity contribution in [3.8, 4) is 5.75 Å². The lowest BCUT2D eigenvalue weighted by Gasteiger charge is -2.19. The summed E-state index contributed by atoms with van der Waals surface area (Å²) in [4.78, 5) is 0. The summed E-state index contributed by atoms with van der Waals surface area (Å²) in [5, 5.41) is 4.55. The van der Waals surface area contributed by atoms with Crippen molar-refractivity contribution in [2.24, 2.45) is 0 Å². The van der Waals surface area contributed by atoms with E-state index in [-0.39, 0.29) is 6.04 Å². The molecular formula is C17H19Cl2NO. The van der Waals surface area contributed by atoms with Crippen LogP contribution in [0.15, 0.2) is 42.5 Å². The zero-order chi connectivity index (χ0) is 15.2. The first-order chi connectivity index (χ1) is 10.2. The Hall–Kier alpha value is -1.22. The van der Waals surface area contributed by atoms with Gasteiger partial charge in [0.25, 0.3) is 0 Å². The molecule has 2 aromatic rings. The molecule has 0 saturated carbocycles. The lowest BCUT2D eigenvalue weighted by molar-refractivity contribution is 0.299. The van der Waals surface area contributed by atoms with E-state index in [0.29, 0.717) is 16.7 Å². The van der Waals surface area contributed by atoms with Gasteiger partial charge in [0.15, 0.2) is 0 Å². The van der Waals surface area contributed by atoms with E-state index in [4.69, 9.17) is 27.9 Å². The minimum absolute atomic E-state index is 0.267. The van der Waals surface area contributed by atoms with Gasteiger partial charge in [-0.05, 0) is 31.7 Å². The van der Waals surface area contributed by atoms with Crippen molar-refractivity contribution in [1.82, 2.24) is 5.32 Å². The molecule has 1 atom stereocenters. The number of ether oxygens (including phenoxy) is 1. The number of nitrogens with one attached hydrogen (secondary N) is 1. The van der Waals surface area contributed by atoms with Crippen LogP contribution >= 0.6 is 23.2 Å². The van der Waals surface area contributed by atoms with E-state index in [0.717, 1.165) is 23.3 Å². The van der Waals surface area contributed by atoms with E-state index in [1.807, 2.05) is 43.4 Å². The summed E-state index contributed by atoms with van der Waals surface area (Å²) in [7, 11) is 1.95. The first kappa shape index (κ1) is 16.2. The quantitative estimate of drug-likeness (QED) is 0.784. The predicted molar refractivity (Wildman–Crippen MR) is 89.3 cm³/mol. The van der Waals surface area contributed by atoms with Crippen LogP contribution in [0.2, 0.25) is 10.0 Å². The van der Waals surface area contributed by atoms with Crippen LogP contribution in [0.25, 0.3) is 0 Å². The molecule has 0 aromatic heterocycles. The topological polar surface area (TPSA) is 21.3 Å². The maximum absolute atomic E-state index is 6.18. The number of benzene rings is 2. The highest BCUT2D eigenvalue weighted by Crippen LogP contribution is 2.30. The molecule has 4 heteroatoms. The van der Waals surface area contributed by atoms with Crippen LogP contribution in [0.5, 0.6) is 5.75 Å². The van der Waals surface area contributed by atoms with Gasteiger partial charge in [-0.25, -0.2) is 0 Å². The Morgan fingerprint density at radius 1 is 1.05 bits per heavy atom. The Morgan fingerprint density at radius 3 is 2.33 bits per heavy atom. The molecule has 0 radical (unpaired) electrons. The van der Waals surface area contributed by atoms with Crippen molar-refractivity contribution in [2.75, 3.05) is 7.05 Å². The molecule has 0 fully saturated rings. The number of para-hydroxylation sites is 1. The maximum atomic E-state index is 6.18. The van der Waals surface area contributed by atoms with Crippen LogP contribution in [0, 0.1) is 0 Å². The van der Waals surface area contributed by atoms with Crippen molar-refractivity contribution < 1.29 is 4.74 Å². The molecule has 0 amide bonds. The van der Waals surface area contributed by atoms with Gasteiger partial charge in [-0.2, -0.15) is 0 Å². The lowest BCUT2D eigenvalue weighted by Crippen LogP contribution is -2.16. The monoisotopic (exact) mass is 323 g/mol. The summed E-state index contributed by atoms with van der Waals surface area (Å²) in [5.41, 5.74) is 1.96. The van der Waals surface area contributed by atoms with E-state index >= 15 is 0 Å². The molecule has 0 bridgehead atoms. The fraction of sp³-hybridized carbons (Fsp3) is 0.294. The Balaban J connectivity index is 2.21. The van der Waals surface area contributed by atoms with E-state index < -0.39 is 0 Å². The minimum Gasteiger partial charge on any atom is -0.488 e. The molecule has 21 heavy (non-hydrogen) atoms. The molecule has 2 nitrogen and oxygen atoms in total. The summed E-state index contributed by atoms with van der Waals surface area (Å²) in [6.07, 6.45) is 0.990. The van der Waals surface area contributed by atoms with Crippen molar-refractivity contribution in [3.05, 3.63) is 63.6 Å². The highest BCUT2D eigenvalue weighted by atomic mass is 35.5. The summed E-state index contributed by atoms with van der Waals surface area (Å²) < 4.78 is 5.96. The second-order valence-electron chi connectivity index (χ2n) is 4.78. The predicted octanol–water partition coefficient (Wildman–Crippen LogP) is 5.24. The van der Waals surface area contributed by atoms with Crippen LogP contribution in [-0.4, -0.2) is 7.05 Å². The summed E-state index contributed by atoms with van der Waals surface area (Å²) in [5.74, 6) is 0.856. The number of hydrogen-bond acceptors (Lipinski definition) is 2. The molecular weight excluding hydrogens is 305 g/mol. The SMILES string of the molecule is CCC(NC)c1ccccc1OCc1c(Cl)cccc1Cl. The first-order valence-electron chi connectivity index (χ1n) is 6.99. The molecule has 1 unspecified atom stereocenters. The maximum Gasteiger partial charge on any atom is 0.124 e. The van der Waals surface area contributed by atoms with Gasteiger partial charge < -0.3 is 10.1 Å². The largest absolute Gasteiger partial charge is 0.488 e. The van der Waals surface area contributed by atoms with Gasteiger partial charge in [-0.1, -0.05) is 54.4 Å². The number of hydrogen-bond donors (Lipinski definition) is 1. The van der Waals surface area contributed by atoms with Gasteiger partial charge in [0, 0.05) is 27.2 Å². The summed E-state index contributed by atoms with van der Waals surface area (Å²) in [6, 6.07) is 13.8. The fourth-order valence-electron chi connectivity index (χ4n) is 2.30. The van der Waals surface area contributed by atoms with Crippen LogP contribution in [-0.2, 0) is 6.61 Å². The van der Waals surface area contributed by atoms with E-state index in [2.05, 4.69) is 18.3 Å². The molecule has 2 rings (SSSR count). The summed E-state index contributed by atoms with van der Waals surface area (Å²) in [6.45, 7) is 2.50. The highest BCUT2D eigenvalue weighted by molar-refractivity contribution is 6.35. The van der Waals surface area contributed by atoms with Crippen molar-refractivity contribution >= 4 is 23.2 Å². The van der Waals surface area contributed by atoms with Crippen LogP contribution in [0.3, 0.4) is 0 Å². The lowest BCUT2D eigenvalue weighted by atomic mass is 10.0. The average Bonchev–Trinajstić information content (AvgIpc) is 2.49. The van der Waals surface area contributed by atoms with Gasteiger partial charge >= 0.3 is 0 Å². The molecule has 0 aliphatic rings. The van der Waals surface area contributed by atoms with Crippen LogP contribution < -0.4 is 10.1 Å². The molecule has 0 aliphatic heterocycles. The highest BCUT2D eigenvalue weighted by Gasteiger charge is 2.13. The second-order valence-corrected chi connectivity index (χ2v) is 5.59. The van der Waals surface area contributed by atoms with E-state index in [1.54, 1.807) is 0 Å². The molecule has 2 aromatic carbocycles. The van der Waals surface area contributed by atoms with Gasteiger partial charge in [-0.3, -0.25) is 0 Å². The Kier molecular flexibility index (Phi) is 5.92. The third-order valence-electron chi connectivity index (χ3n) is 3.48.